The maximum atomic E-state index is 14.9. The fourth-order valence-electron chi connectivity index (χ4n) is 5.14. The summed E-state index contributed by atoms with van der Waals surface area (Å²) >= 11 is 0. The Morgan fingerprint density at radius 3 is 2.20 bits per heavy atom. The average Bonchev–Trinajstić information content (AvgIpc) is 3.43. The van der Waals surface area contributed by atoms with Crippen molar-refractivity contribution in [2.75, 3.05) is 6.61 Å². The summed E-state index contributed by atoms with van der Waals surface area (Å²) in [6.45, 7) is 5.13. The number of alkyl carbamates (subject to hydrolysis) is 1. The van der Waals surface area contributed by atoms with Crippen LogP contribution in [0.4, 0.5) is 14.0 Å². The van der Waals surface area contributed by atoms with E-state index in [1.165, 1.54) is 18.3 Å². The summed E-state index contributed by atoms with van der Waals surface area (Å²) in [5, 5.41) is 12.3. The van der Waals surface area contributed by atoms with E-state index < -0.39 is 35.6 Å². The maximum Gasteiger partial charge on any atom is 0.419 e. The zero-order chi connectivity index (χ0) is 28.6. The number of rotatable bonds is 6. The summed E-state index contributed by atoms with van der Waals surface area (Å²) < 4.78 is 27.0. The number of carbonyl (C=O) groups is 3. The molecule has 0 spiro atoms. The molecule has 0 saturated carbocycles. The van der Waals surface area contributed by atoms with E-state index in [9.17, 15) is 23.9 Å². The lowest BCUT2D eigenvalue weighted by molar-refractivity contribution is -0.139. The van der Waals surface area contributed by atoms with Crippen LogP contribution in [-0.4, -0.2) is 46.1 Å². The Hall–Kier alpha value is -4.66. The third kappa shape index (κ3) is 5.27. The Morgan fingerprint density at radius 2 is 1.60 bits per heavy atom. The number of carboxylic acid groups (broad SMARTS) is 1. The molecule has 0 radical (unpaired) electrons. The van der Waals surface area contributed by atoms with Crippen LogP contribution in [-0.2, 0) is 20.7 Å². The highest BCUT2D eigenvalue weighted by Gasteiger charge is 2.31. The van der Waals surface area contributed by atoms with Crippen molar-refractivity contribution in [3.8, 4) is 11.1 Å². The molecule has 2 N–H and O–H groups in total. The van der Waals surface area contributed by atoms with E-state index in [-0.39, 0.29) is 35.4 Å². The highest BCUT2D eigenvalue weighted by atomic mass is 19.1. The molecular weight excluding hydrogens is 515 g/mol. The Morgan fingerprint density at radius 1 is 0.975 bits per heavy atom. The van der Waals surface area contributed by atoms with E-state index in [1.807, 2.05) is 48.5 Å². The summed E-state index contributed by atoms with van der Waals surface area (Å²) in [7, 11) is 0. The van der Waals surface area contributed by atoms with E-state index in [0.717, 1.165) is 26.8 Å². The van der Waals surface area contributed by atoms with Gasteiger partial charge in [0, 0.05) is 23.9 Å². The topological polar surface area (TPSA) is 107 Å². The summed E-state index contributed by atoms with van der Waals surface area (Å²) in [6, 6.07) is 18.5. The van der Waals surface area contributed by atoms with Gasteiger partial charge in [-0.25, -0.2) is 18.8 Å². The number of amides is 1. The first kappa shape index (κ1) is 26.9. The molecule has 1 amide bonds. The molecule has 40 heavy (non-hydrogen) atoms. The molecule has 1 aliphatic carbocycles. The van der Waals surface area contributed by atoms with Crippen LogP contribution in [0.1, 0.15) is 43.4 Å². The van der Waals surface area contributed by atoms with Crippen LogP contribution >= 0.6 is 0 Å². The van der Waals surface area contributed by atoms with Crippen LogP contribution in [0.2, 0.25) is 0 Å². The van der Waals surface area contributed by atoms with Crippen LogP contribution in [0.5, 0.6) is 0 Å². The number of benzene rings is 3. The number of carbonyl (C=O) groups excluding carboxylic acids is 2. The predicted molar refractivity (Wildman–Crippen MR) is 147 cm³/mol. The Balaban J connectivity index is 1.34. The predicted octanol–water partition coefficient (Wildman–Crippen LogP) is 6.10. The molecule has 8 nitrogen and oxygen atoms in total. The normalized spacial score (nSPS) is 13.4. The van der Waals surface area contributed by atoms with E-state index in [0.29, 0.717) is 0 Å². The second kappa shape index (κ2) is 10.5. The minimum atomic E-state index is -1.44. The molecule has 0 unspecified atom stereocenters. The molecule has 3 aromatic carbocycles. The zero-order valence-electron chi connectivity index (χ0n) is 22.3. The van der Waals surface area contributed by atoms with E-state index in [4.69, 9.17) is 9.47 Å². The fraction of sp³-hybridized carbons (Fsp3) is 0.258. The van der Waals surface area contributed by atoms with Crippen LogP contribution in [0.3, 0.4) is 0 Å². The van der Waals surface area contributed by atoms with Gasteiger partial charge in [-0.05, 0) is 60.7 Å². The first-order valence-electron chi connectivity index (χ1n) is 12.9. The van der Waals surface area contributed by atoms with Gasteiger partial charge in [0.15, 0.2) is 0 Å². The lowest BCUT2D eigenvalue weighted by Crippen LogP contribution is -2.42. The monoisotopic (exact) mass is 544 g/mol. The smallest absolute Gasteiger partial charge is 0.419 e. The first-order chi connectivity index (χ1) is 19.0. The van der Waals surface area contributed by atoms with Gasteiger partial charge in [0.2, 0.25) is 0 Å². The summed E-state index contributed by atoms with van der Waals surface area (Å²) in [4.78, 5) is 37.7. The van der Waals surface area contributed by atoms with Crippen molar-refractivity contribution in [1.29, 1.82) is 0 Å². The number of aromatic nitrogens is 1. The molecule has 0 saturated heterocycles. The molecule has 4 aromatic rings. The lowest BCUT2D eigenvalue weighted by Gasteiger charge is -2.19. The molecule has 0 bridgehead atoms. The van der Waals surface area contributed by atoms with Gasteiger partial charge >= 0.3 is 18.2 Å². The van der Waals surface area contributed by atoms with Crippen molar-refractivity contribution in [1.82, 2.24) is 9.88 Å². The molecular formula is C31H29FN2O6. The molecule has 5 rings (SSSR count). The largest absolute Gasteiger partial charge is 0.480 e. The average molecular weight is 545 g/mol. The molecule has 9 heteroatoms. The molecule has 1 heterocycles. The van der Waals surface area contributed by atoms with Crippen molar-refractivity contribution in [2.45, 2.75) is 44.8 Å². The van der Waals surface area contributed by atoms with Crippen LogP contribution < -0.4 is 5.32 Å². The minimum absolute atomic E-state index is 0.0127. The van der Waals surface area contributed by atoms with Gasteiger partial charge in [-0.3, -0.25) is 4.57 Å². The quantitative estimate of drug-likeness (QED) is 0.304. The number of nitrogens with one attached hydrogen (secondary N) is 1. The summed E-state index contributed by atoms with van der Waals surface area (Å²) in [5.74, 6) is -2.15. The van der Waals surface area contributed by atoms with Gasteiger partial charge in [0.05, 0.1) is 5.52 Å². The number of hydrogen-bond donors (Lipinski definition) is 2. The van der Waals surface area contributed by atoms with Crippen molar-refractivity contribution in [2.24, 2.45) is 0 Å². The summed E-state index contributed by atoms with van der Waals surface area (Å²) in [6.07, 6.45) is -0.583. The second-order valence-corrected chi connectivity index (χ2v) is 10.7. The Kier molecular flexibility index (Phi) is 7.06. The third-order valence-electron chi connectivity index (χ3n) is 6.81. The molecule has 1 aliphatic rings. The first-order valence-corrected chi connectivity index (χ1v) is 12.9. The minimum Gasteiger partial charge on any atom is -0.480 e. The van der Waals surface area contributed by atoms with Gasteiger partial charge in [0.1, 0.15) is 24.1 Å². The number of aliphatic carboxylic acids is 1. The molecule has 1 atom stereocenters. The second-order valence-electron chi connectivity index (χ2n) is 10.7. The zero-order valence-corrected chi connectivity index (χ0v) is 22.3. The van der Waals surface area contributed by atoms with Gasteiger partial charge in [-0.15, -0.1) is 0 Å². The van der Waals surface area contributed by atoms with Gasteiger partial charge in [0.25, 0.3) is 0 Å². The number of halogens is 1. The van der Waals surface area contributed by atoms with Crippen molar-refractivity contribution >= 4 is 29.1 Å². The number of hydrogen-bond acceptors (Lipinski definition) is 5. The SMILES string of the molecule is CC(C)(C)OC(=O)n1cc(C[C@H](NC(=O)OCC2c3ccccc3-c3ccccc32)C(=O)O)c2c(F)cccc21. The van der Waals surface area contributed by atoms with Crippen molar-refractivity contribution in [3.63, 3.8) is 0 Å². The molecule has 1 aromatic heterocycles. The fourth-order valence-corrected chi connectivity index (χ4v) is 5.14. The number of fused-ring (bicyclic) bond motifs is 4. The highest BCUT2D eigenvalue weighted by molar-refractivity contribution is 5.93. The lowest BCUT2D eigenvalue weighted by atomic mass is 9.98. The van der Waals surface area contributed by atoms with E-state index in [1.54, 1.807) is 26.8 Å². The Labute approximate surface area is 230 Å². The number of nitrogens with zero attached hydrogens (tertiary/aromatic N) is 1. The van der Waals surface area contributed by atoms with Gasteiger partial charge in [-0.1, -0.05) is 54.6 Å². The standard InChI is InChI=1S/C31H29FN2O6/c1-31(2,3)40-30(38)34-16-18(27-24(32)13-8-14-26(27)34)15-25(28(35)36)33-29(37)39-17-23-21-11-6-4-9-19(21)20-10-5-7-12-22(20)23/h4-14,16,23,25H,15,17H2,1-3H3,(H,33,37)(H,35,36)/t25-/m0/s1. The van der Waals surface area contributed by atoms with Crippen LogP contribution in [0.15, 0.2) is 72.9 Å². The number of ether oxygens (including phenoxy) is 2. The molecule has 206 valence electrons. The third-order valence-corrected chi connectivity index (χ3v) is 6.81. The van der Waals surface area contributed by atoms with Crippen molar-refractivity contribution in [3.05, 3.63) is 95.4 Å². The summed E-state index contributed by atoms with van der Waals surface area (Å²) in [5.41, 5.74) is 3.85. The van der Waals surface area contributed by atoms with E-state index >= 15 is 0 Å². The van der Waals surface area contributed by atoms with Crippen LogP contribution in [0.25, 0.3) is 22.0 Å². The Bertz CT molecular complexity index is 1570. The highest BCUT2D eigenvalue weighted by Crippen LogP contribution is 2.44. The molecule has 0 aliphatic heterocycles. The van der Waals surface area contributed by atoms with E-state index in [2.05, 4.69) is 5.32 Å². The van der Waals surface area contributed by atoms with Gasteiger partial charge in [-0.2, -0.15) is 0 Å². The maximum absolute atomic E-state index is 14.9. The molecule has 0 fully saturated rings. The number of carboxylic acids is 1. The van der Waals surface area contributed by atoms with Crippen molar-refractivity contribution < 1.29 is 33.4 Å². The van der Waals surface area contributed by atoms with Gasteiger partial charge < -0.3 is 19.9 Å². The van der Waals surface area contributed by atoms with Crippen LogP contribution in [0, 0.1) is 5.82 Å².